The van der Waals surface area contributed by atoms with Crippen LogP contribution in [0.1, 0.15) is 0 Å². The van der Waals surface area contributed by atoms with Gasteiger partial charge in [0.25, 0.3) is 0 Å². The summed E-state index contributed by atoms with van der Waals surface area (Å²) in [5.41, 5.74) is 10.2. The van der Waals surface area contributed by atoms with Gasteiger partial charge in [0.1, 0.15) is 0 Å². The Labute approximate surface area is 275 Å². The van der Waals surface area contributed by atoms with E-state index in [1.165, 1.54) is 0 Å². The predicted molar refractivity (Wildman–Crippen MR) is 197 cm³/mol. The lowest BCUT2D eigenvalue weighted by molar-refractivity contribution is 1.33. The first-order chi connectivity index (χ1) is 23.8. The fourth-order valence-corrected chi connectivity index (χ4v) is 6.86. The lowest BCUT2D eigenvalue weighted by Crippen LogP contribution is -1.94. The van der Waals surface area contributed by atoms with E-state index in [2.05, 4.69) is 126 Å². The van der Waals surface area contributed by atoms with E-state index in [1.807, 2.05) is 30.5 Å². The van der Waals surface area contributed by atoms with Gasteiger partial charge in [0.2, 0.25) is 0 Å². The Bertz CT molecular complexity index is 2880. The number of pyridine rings is 5. The summed E-state index contributed by atoms with van der Waals surface area (Å²) >= 11 is 0. The third-order valence-corrected chi connectivity index (χ3v) is 9.27. The molecule has 0 spiro atoms. The Morgan fingerprint density at radius 1 is 0.333 bits per heavy atom. The molecule has 48 heavy (non-hydrogen) atoms. The Kier molecular flexibility index (Phi) is 5.81. The first-order valence-electron chi connectivity index (χ1n) is 16.0. The maximum Gasteiger partial charge on any atom is 0.161 e. The van der Waals surface area contributed by atoms with Gasteiger partial charge in [-0.3, -0.25) is 4.98 Å². The second kappa shape index (κ2) is 10.5. The molecule has 0 saturated carbocycles. The van der Waals surface area contributed by atoms with E-state index in [1.54, 1.807) is 0 Å². The molecule has 0 bridgehead atoms. The largest absolute Gasteiger partial charge is 0.254 e. The van der Waals surface area contributed by atoms with Crippen LogP contribution in [0.15, 0.2) is 152 Å². The summed E-state index contributed by atoms with van der Waals surface area (Å²) < 4.78 is 0. The summed E-state index contributed by atoms with van der Waals surface area (Å²) in [5, 5.41) is 7.51. The number of hydrogen-bond acceptors (Lipinski definition) is 5. The number of benzene rings is 5. The molecule has 10 aromatic rings. The molecule has 0 fully saturated rings. The van der Waals surface area contributed by atoms with Gasteiger partial charge in [0, 0.05) is 55.2 Å². The molecule has 0 N–H and O–H groups in total. The highest BCUT2D eigenvalue weighted by Gasteiger charge is 2.15. The molecule has 5 nitrogen and oxygen atoms in total. The molecule has 0 aliphatic heterocycles. The second-order valence-electron chi connectivity index (χ2n) is 12.1. The van der Waals surface area contributed by atoms with Crippen LogP contribution < -0.4 is 0 Å². The van der Waals surface area contributed by atoms with Gasteiger partial charge < -0.3 is 0 Å². The maximum atomic E-state index is 5.18. The van der Waals surface area contributed by atoms with Crippen LogP contribution in [-0.4, -0.2) is 24.9 Å². The molecule has 0 aliphatic carbocycles. The van der Waals surface area contributed by atoms with Crippen LogP contribution >= 0.6 is 0 Å². The van der Waals surface area contributed by atoms with Crippen molar-refractivity contribution in [3.05, 3.63) is 152 Å². The van der Waals surface area contributed by atoms with Gasteiger partial charge in [-0.1, -0.05) is 121 Å². The highest BCUT2D eigenvalue weighted by atomic mass is 14.9. The summed E-state index contributed by atoms with van der Waals surface area (Å²) in [7, 11) is 0. The number of nitrogens with zero attached hydrogens (tertiary/aromatic N) is 5. The highest BCUT2D eigenvalue weighted by Crippen LogP contribution is 2.35. The molecule has 0 atom stereocenters. The Morgan fingerprint density at radius 3 is 1.62 bits per heavy atom. The van der Waals surface area contributed by atoms with Crippen molar-refractivity contribution in [2.45, 2.75) is 0 Å². The van der Waals surface area contributed by atoms with Crippen molar-refractivity contribution in [3.63, 3.8) is 0 Å². The van der Waals surface area contributed by atoms with Crippen molar-refractivity contribution in [2.75, 3.05) is 0 Å². The maximum absolute atomic E-state index is 5.18. The summed E-state index contributed by atoms with van der Waals surface area (Å²) in [6, 6.07) is 50.4. The SMILES string of the molecule is c1ccc(-c2ccc3ccc4ccc(-c5ccc(-c6nc7nc8c(ccc9cccnc98)cc7c7ccccc67)cc5)nc4c3n2)cc1. The average Bonchev–Trinajstić information content (AvgIpc) is 3.17. The van der Waals surface area contributed by atoms with E-state index in [4.69, 9.17) is 19.9 Å². The third-order valence-electron chi connectivity index (χ3n) is 9.27. The summed E-state index contributed by atoms with van der Waals surface area (Å²) in [4.78, 5) is 25.2. The summed E-state index contributed by atoms with van der Waals surface area (Å²) in [6.45, 7) is 0. The Hall–Kier alpha value is -6.59. The standard InChI is InChI=1S/C43H25N5/c1-2-7-26(8-3-1)36-22-20-30-16-17-31-21-23-37(46-41(31)40(30)45-36)27-12-14-29(15-13-27)38-34-11-5-4-10-33(34)35-25-32-19-18-28-9-6-24-44-39(28)42(32)48-43(35)47-38/h1-25H. The van der Waals surface area contributed by atoms with Crippen LogP contribution in [0.2, 0.25) is 0 Å². The van der Waals surface area contributed by atoms with Crippen LogP contribution in [0.4, 0.5) is 0 Å². The normalized spacial score (nSPS) is 11.8. The van der Waals surface area contributed by atoms with Crippen molar-refractivity contribution < 1.29 is 0 Å². The Morgan fingerprint density at radius 2 is 0.896 bits per heavy atom. The Balaban J connectivity index is 1.10. The number of fused-ring (bicyclic) bond motifs is 9. The van der Waals surface area contributed by atoms with Crippen molar-refractivity contribution in [1.29, 1.82) is 0 Å². The zero-order valence-electron chi connectivity index (χ0n) is 25.7. The van der Waals surface area contributed by atoms with E-state index < -0.39 is 0 Å². The molecule has 0 amide bonds. The van der Waals surface area contributed by atoms with E-state index in [0.29, 0.717) is 5.65 Å². The molecule has 0 saturated heterocycles. The van der Waals surface area contributed by atoms with Crippen LogP contribution in [-0.2, 0) is 0 Å². The minimum atomic E-state index is 0.712. The molecule has 5 heterocycles. The summed E-state index contributed by atoms with van der Waals surface area (Å²) in [6.07, 6.45) is 1.82. The van der Waals surface area contributed by atoms with E-state index in [0.717, 1.165) is 93.5 Å². The molecule has 5 aromatic heterocycles. The summed E-state index contributed by atoms with van der Waals surface area (Å²) in [5.74, 6) is 0. The molecule has 222 valence electrons. The number of aromatic nitrogens is 5. The molecular formula is C43H25N5. The number of hydrogen-bond donors (Lipinski definition) is 0. The zero-order chi connectivity index (χ0) is 31.6. The van der Waals surface area contributed by atoms with Gasteiger partial charge >= 0.3 is 0 Å². The minimum absolute atomic E-state index is 0.712. The quantitative estimate of drug-likeness (QED) is 0.147. The second-order valence-corrected chi connectivity index (χ2v) is 12.1. The first kappa shape index (κ1) is 26.6. The first-order valence-corrected chi connectivity index (χ1v) is 16.0. The molecular weight excluding hydrogens is 587 g/mol. The predicted octanol–water partition coefficient (Wildman–Crippen LogP) is 10.6. The lowest BCUT2D eigenvalue weighted by Gasteiger charge is -2.12. The molecule has 5 aromatic carbocycles. The molecule has 10 rings (SSSR count). The van der Waals surface area contributed by atoms with E-state index in [9.17, 15) is 0 Å². The zero-order valence-corrected chi connectivity index (χ0v) is 25.7. The minimum Gasteiger partial charge on any atom is -0.254 e. The topological polar surface area (TPSA) is 64.5 Å². The van der Waals surface area contributed by atoms with Crippen molar-refractivity contribution in [3.8, 4) is 33.8 Å². The van der Waals surface area contributed by atoms with E-state index in [-0.39, 0.29) is 0 Å². The fourth-order valence-electron chi connectivity index (χ4n) is 6.86. The molecule has 5 heteroatoms. The van der Waals surface area contributed by atoms with E-state index >= 15 is 0 Å². The van der Waals surface area contributed by atoms with Crippen LogP contribution in [0, 0.1) is 0 Å². The fraction of sp³-hybridized carbons (Fsp3) is 0. The average molecular weight is 612 g/mol. The van der Waals surface area contributed by atoms with Crippen molar-refractivity contribution in [2.24, 2.45) is 0 Å². The highest BCUT2D eigenvalue weighted by molar-refractivity contribution is 6.15. The monoisotopic (exact) mass is 611 g/mol. The van der Waals surface area contributed by atoms with Gasteiger partial charge in [0.15, 0.2) is 5.65 Å². The van der Waals surface area contributed by atoms with Crippen LogP contribution in [0.25, 0.3) is 99.2 Å². The van der Waals surface area contributed by atoms with Crippen molar-refractivity contribution in [1.82, 2.24) is 24.9 Å². The lowest BCUT2D eigenvalue weighted by atomic mass is 9.99. The van der Waals surface area contributed by atoms with Gasteiger partial charge in [-0.05, 0) is 29.7 Å². The van der Waals surface area contributed by atoms with Gasteiger partial charge in [-0.15, -0.1) is 0 Å². The molecule has 0 unspecified atom stereocenters. The van der Waals surface area contributed by atoms with Gasteiger partial charge in [0.05, 0.1) is 39.1 Å². The molecule has 0 radical (unpaired) electrons. The van der Waals surface area contributed by atoms with Crippen LogP contribution in [0.5, 0.6) is 0 Å². The smallest absolute Gasteiger partial charge is 0.161 e. The van der Waals surface area contributed by atoms with Crippen LogP contribution in [0.3, 0.4) is 0 Å². The van der Waals surface area contributed by atoms with Gasteiger partial charge in [-0.25, -0.2) is 19.9 Å². The van der Waals surface area contributed by atoms with Crippen molar-refractivity contribution >= 4 is 65.4 Å². The number of rotatable bonds is 3. The molecule has 0 aliphatic rings. The third kappa shape index (κ3) is 4.22. The van der Waals surface area contributed by atoms with Gasteiger partial charge in [-0.2, -0.15) is 0 Å².